The lowest BCUT2D eigenvalue weighted by molar-refractivity contribution is -0.157. The summed E-state index contributed by atoms with van der Waals surface area (Å²) in [7, 11) is 0. The predicted octanol–water partition coefficient (Wildman–Crippen LogP) is 7.17. The molecule has 0 bridgehead atoms. The third-order valence-electron chi connectivity index (χ3n) is 11.6. The van der Waals surface area contributed by atoms with E-state index in [0.717, 1.165) is 48.3 Å². The molecule has 4 saturated carbocycles. The molecule has 182 valence electrons. The van der Waals surface area contributed by atoms with Crippen molar-refractivity contribution in [3.63, 3.8) is 0 Å². The van der Waals surface area contributed by atoms with Gasteiger partial charge in [0.1, 0.15) is 11.7 Å². The second-order valence-corrected chi connectivity index (χ2v) is 13.5. The highest BCUT2D eigenvalue weighted by atomic mass is 16.6. The number of epoxide rings is 1. The van der Waals surface area contributed by atoms with Gasteiger partial charge < -0.3 is 9.47 Å². The van der Waals surface area contributed by atoms with Gasteiger partial charge in [-0.15, -0.1) is 0 Å². The second-order valence-electron chi connectivity index (χ2n) is 13.5. The van der Waals surface area contributed by atoms with Gasteiger partial charge in [0.05, 0.1) is 6.10 Å². The Morgan fingerprint density at radius 3 is 2.53 bits per heavy atom. The molecule has 5 rings (SSSR count). The van der Waals surface area contributed by atoms with Crippen LogP contribution in [0.25, 0.3) is 0 Å². The summed E-state index contributed by atoms with van der Waals surface area (Å²) >= 11 is 0. The number of fused-ring (bicyclic) bond motifs is 4. The van der Waals surface area contributed by atoms with Crippen molar-refractivity contribution in [2.75, 3.05) is 0 Å². The fraction of sp³-hybridized carbons (Fsp3) is 0.966. The Hall–Kier alpha value is -0.570. The van der Waals surface area contributed by atoms with Crippen LogP contribution in [0.1, 0.15) is 112 Å². The molecular weight excluding hydrogens is 396 g/mol. The van der Waals surface area contributed by atoms with E-state index >= 15 is 0 Å². The van der Waals surface area contributed by atoms with E-state index in [1.54, 1.807) is 6.92 Å². The van der Waals surface area contributed by atoms with Gasteiger partial charge in [-0.1, -0.05) is 53.9 Å². The normalized spacial score (nSPS) is 50.1. The fourth-order valence-corrected chi connectivity index (χ4v) is 10.00. The van der Waals surface area contributed by atoms with Crippen molar-refractivity contribution in [3.05, 3.63) is 0 Å². The molecule has 0 aromatic rings. The summed E-state index contributed by atoms with van der Waals surface area (Å²) in [5.74, 6) is 5.03. The molecule has 10 atom stereocenters. The van der Waals surface area contributed by atoms with E-state index in [1.807, 2.05) is 0 Å². The van der Waals surface area contributed by atoms with Gasteiger partial charge in [0.2, 0.25) is 0 Å². The van der Waals surface area contributed by atoms with Gasteiger partial charge >= 0.3 is 5.97 Å². The summed E-state index contributed by atoms with van der Waals surface area (Å²) in [4.78, 5) is 11.6. The van der Waals surface area contributed by atoms with Crippen LogP contribution < -0.4 is 0 Å². The van der Waals surface area contributed by atoms with Crippen molar-refractivity contribution in [3.8, 4) is 0 Å². The Balaban J connectivity index is 1.30. The topological polar surface area (TPSA) is 38.8 Å². The Morgan fingerprint density at radius 1 is 1.03 bits per heavy atom. The quantitative estimate of drug-likeness (QED) is 0.322. The molecule has 0 amide bonds. The predicted molar refractivity (Wildman–Crippen MR) is 128 cm³/mol. The molecule has 0 aromatic carbocycles. The van der Waals surface area contributed by atoms with Crippen molar-refractivity contribution in [2.24, 2.45) is 46.3 Å². The number of ether oxygens (including phenoxy) is 2. The van der Waals surface area contributed by atoms with Crippen LogP contribution >= 0.6 is 0 Å². The van der Waals surface area contributed by atoms with Crippen LogP contribution in [-0.2, 0) is 14.3 Å². The zero-order valence-corrected chi connectivity index (χ0v) is 21.6. The van der Waals surface area contributed by atoms with E-state index in [-0.39, 0.29) is 23.1 Å². The number of carbonyl (C=O) groups is 1. The van der Waals surface area contributed by atoms with Gasteiger partial charge in [-0.3, -0.25) is 4.79 Å². The maximum Gasteiger partial charge on any atom is 0.302 e. The third kappa shape index (κ3) is 3.42. The summed E-state index contributed by atoms with van der Waals surface area (Å²) in [6, 6.07) is 0. The first kappa shape index (κ1) is 23.2. The maximum absolute atomic E-state index is 11.6. The molecule has 4 aliphatic carbocycles. The molecule has 1 spiro atoms. The Labute approximate surface area is 196 Å². The monoisotopic (exact) mass is 444 g/mol. The minimum Gasteiger partial charge on any atom is -0.462 e. The molecule has 0 N–H and O–H groups in total. The van der Waals surface area contributed by atoms with E-state index in [2.05, 4.69) is 34.6 Å². The molecule has 1 aliphatic heterocycles. The first-order valence-electron chi connectivity index (χ1n) is 14.0. The number of carbonyl (C=O) groups excluding carboxylic acids is 1. The minimum absolute atomic E-state index is 0.00240. The van der Waals surface area contributed by atoms with Gasteiger partial charge in [-0.25, -0.2) is 0 Å². The van der Waals surface area contributed by atoms with Crippen LogP contribution in [0.5, 0.6) is 0 Å². The third-order valence-corrected chi connectivity index (χ3v) is 11.6. The molecule has 32 heavy (non-hydrogen) atoms. The summed E-state index contributed by atoms with van der Waals surface area (Å²) in [5, 5.41) is 0. The van der Waals surface area contributed by atoms with E-state index < -0.39 is 0 Å². The molecule has 1 heterocycles. The van der Waals surface area contributed by atoms with E-state index in [1.165, 1.54) is 57.8 Å². The van der Waals surface area contributed by atoms with Crippen molar-refractivity contribution < 1.29 is 14.3 Å². The average molecular weight is 445 g/mol. The smallest absolute Gasteiger partial charge is 0.302 e. The first-order chi connectivity index (χ1) is 15.1. The number of hydrogen-bond acceptors (Lipinski definition) is 3. The molecule has 3 heteroatoms. The zero-order chi connectivity index (χ0) is 22.9. The number of rotatable bonds is 6. The molecule has 0 aromatic heterocycles. The summed E-state index contributed by atoms with van der Waals surface area (Å²) < 4.78 is 12.3. The fourth-order valence-electron chi connectivity index (χ4n) is 10.00. The van der Waals surface area contributed by atoms with Gasteiger partial charge in [-0.05, 0) is 85.9 Å². The highest BCUT2D eigenvalue weighted by Crippen LogP contribution is 2.74. The second kappa shape index (κ2) is 7.99. The highest BCUT2D eigenvalue weighted by molar-refractivity contribution is 5.66. The van der Waals surface area contributed by atoms with Crippen LogP contribution in [0.2, 0.25) is 0 Å². The SMILES string of the molecule is CC(=O)O[C@H]1CC[C@]2(C)C3CC[C@]4(C)C(C(C)CCCC(C)C)CCC4C3C[C@H]3O[C@]32C1. The number of hydrogen-bond donors (Lipinski definition) is 0. The lowest BCUT2D eigenvalue weighted by atomic mass is 9.44. The van der Waals surface area contributed by atoms with Crippen molar-refractivity contribution >= 4 is 5.97 Å². The Bertz CT molecular complexity index is 732. The van der Waals surface area contributed by atoms with Crippen LogP contribution in [-0.4, -0.2) is 23.8 Å². The maximum atomic E-state index is 11.6. The van der Waals surface area contributed by atoms with Crippen LogP contribution in [0.4, 0.5) is 0 Å². The van der Waals surface area contributed by atoms with Gasteiger partial charge in [0, 0.05) is 18.8 Å². The van der Waals surface area contributed by atoms with Crippen LogP contribution in [0.15, 0.2) is 0 Å². The molecule has 5 unspecified atom stereocenters. The summed E-state index contributed by atoms with van der Waals surface area (Å²) in [6.45, 7) is 14.1. The first-order valence-corrected chi connectivity index (χ1v) is 14.0. The average Bonchev–Trinajstić information content (AvgIpc) is 3.28. The Kier molecular flexibility index (Phi) is 5.79. The largest absolute Gasteiger partial charge is 0.462 e. The zero-order valence-electron chi connectivity index (χ0n) is 21.6. The molecular formula is C29H48O3. The van der Waals surface area contributed by atoms with E-state index in [4.69, 9.17) is 9.47 Å². The molecule has 1 saturated heterocycles. The minimum atomic E-state index is -0.131. The lowest BCUT2D eigenvalue weighted by Gasteiger charge is -2.59. The molecule has 0 radical (unpaired) electrons. The van der Waals surface area contributed by atoms with Crippen molar-refractivity contribution in [1.29, 1.82) is 0 Å². The van der Waals surface area contributed by atoms with E-state index in [9.17, 15) is 4.79 Å². The van der Waals surface area contributed by atoms with Crippen LogP contribution in [0, 0.1) is 46.3 Å². The van der Waals surface area contributed by atoms with Gasteiger partial charge in [0.25, 0.3) is 0 Å². The molecule has 5 fully saturated rings. The van der Waals surface area contributed by atoms with Crippen molar-refractivity contribution in [1.82, 2.24) is 0 Å². The summed E-state index contributed by atoms with van der Waals surface area (Å²) in [6.07, 6.45) is 14.8. The highest BCUT2D eigenvalue weighted by Gasteiger charge is 2.76. The van der Waals surface area contributed by atoms with Crippen LogP contribution in [0.3, 0.4) is 0 Å². The van der Waals surface area contributed by atoms with Crippen molar-refractivity contribution in [2.45, 2.75) is 130 Å². The molecule has 3 nitrogen and oxygen atoms in total. The number of esters is 1. The summed E-state index contributed by atoms with van der Waals surface area (Å²) in [5.41, 5.74) is 0.820. The van der Waals surface area contributed by atoms with Gasteiger partial charge in [0.15, 0.2) is 0 Å². The van der Waals surface area contributed by atoms with E-state index in [0.29, 0.717) is 11.5 Å². The molecule has 5 aliphatic rings. The Morgan fingerprint density at radius 2 is 1.81 bits per heavy atom. The standard InChI is InChI=1S/C29H48O3/c1-18(2)8-7-9-19(3)23-10-11-24-22-16-26-29(32-26)17-21(31-20(4)30)12-15-28(29,6)25(22)13-14-27(23,24)5/h18-19,21-26H,7-17H2,1-6H3/t19?,21-,22?,23?,24?,25?,26+,27+,28+,29+/m0/s1. The lowest BCUT2D eigenvalue weighted by Crippen LogP contribution is -2.59. The van der Waals surface area contributed by atoms with Gasteiger partial charge in [-0.2, -0.15) is 0 Å².